The van der Waals surface area contributed by atoms with Gasteiger partial charge in [0, 0.05) is 6.42 Å². The van der Waals surface area contributed by atoms with E-state index in [-0.39, 0.29) is 0 Å². The second-order valence-corrected chi connectivity index (χ2v) is 4.82. The van der Waals surface area contributed by atoms with Crippen LogP contribution in [0.2, 0.25) is 0 Å². The number of aliphatic hydroxyl groups is 1. The fourth-order valence-corrected chi connectivity index (χ4v) is 1.77. The van der Waals surface area contributed by atoms with E-state index in [1.54, 1.807) is 13.8 Å². The maximum absolute atomic E-state index is 12.5. The van der Waals surface area contributed by atoms with Crippen molar-refractivity contribution in [3.63, 3.8) is 0 Å². The van der Waals surface area contributed by atoms with Crippen molar-refractivity contribution in [2.75, 3.05) is 0 Å². The number of rotatable bonds is 6. The Bertz CT molecular complexity index is 332. The van der Waals surface area contributed by atoms with Gasteiger partial charge >= 0.3 is 18.3 Å². The Morgan fingerprint density at radius 3 is 1.71 bits per heavy atom. The molecule has 1 unspecified atom stereocenters. The minimum Gasteiger partial charge on any atom is -0.462 e. The van der Waals surface area contributed by atoms with Gasteiger partial charge in [-0.25, -0.2) is 0 Å². The van der Waals surface area contributed by atoms with Crippen LogP contribution in [0, 0.1) is 5.92 Å². The summed E-state index contributed by atoms with van der Waals surface area (Å²) in [6, 6.07) is 0. The molecule has 0 rings (SSSR count). The number of hydrogen-bond acceptors (Lipinski definition) is 3. The van der Waals surface area contributed by atoms with Crippen LogP contribution in [-0.4, -0.2) is 35.1 Å². The lowest BCUT2D eigenvalue weighted by molar-refractivity contribution is -0.373. The maximum Gasteiger partial charge on any atom is 0.426 e. The monoisotopic (exact) mass is 324 g/mol. The molecular formula is C12H18F6O3. The van der Waals surface area contributed by atoms with Gasteiger partial charge in [0.05, 0.1) is 5.92 Å². The summed E-state index contributed by atoms with van der Waals surface area (Å²) in [4.78, 5) is 11.5. The average Bonchev–Trinajstić information content (AvgIpc) is 2.26. The van der Waals surface area contributed by atoms with Gasteiger partial charge in [0.2, 0.25) is 0 Å². The highest BCUT2D eigenvalue weighted by Crippen LogP contribution is 2.46. The van der Waals surface area contributed by atoms with Crippen LogP contribution in [0.15, 0.2) is 0 Å². The molecule has 1 N–H and O–H groups in total. The Morgan fingerprint density at radius 1 is 1.05 bits per heavy atom. The standard InChI is InChI=1S/C12H18F6O3/c1-4-8(5-2)9(19)21-7(3)6-10(20,11(13,14)15)12(16,17)18/h7-8,20H,4-6H2,1-3H3. The highest BCUT2D eigenvalue weighted by atomic mass is 19.4. The zero-order chi connectivity index (χ0) is 17.1. The van der Waals surface area contributed by atoms with Crippen LogP contribution in [0.25, 0.3) is 0 Å². The van der Waals surface area contributed by atoms with Crippen molar-refractivity contribution < 1.29 is 41.0 Å². The Morgan fingerprint density at radius 2 is 1.43 bits per heavy atom. The third kappa shape index (κ3) is 4.76. The van der Waals surface area contributed by atoms with Gasteiger partial charge in [-0.3, -0.25) is 4.79 Å². The molecule has 0 saturated carbocycles. The Labute approximate surface area is 118 Å². The van der Waals surface area contributed by atoms with E-state index < -0.39 is 42.4 Å². The zero-order valence-electron chi connectivity index (χ0n) is 11.8. The summed E-state index contributed by atoms with van der Waals surface area (Å²) >= 11 is 0. The molecule has 0 saturated heterocycles. The lowest BCUT2D eigenvalue weighted by Gasteiger charge is -2.34. The van der Waals surface area contributed by atoms with E-state index in [0.717, 1.165) is 6.92 Å². The van der Waals surface area contributed by atoms with Crippen molar-refractivity contribution in [1.29, 1.82) is 0 Å². The van der Waals surface area contributed by atoms with Crippen LogP contribution in [0.1, 0.15) is 40.0 Å². The largest absolute Gasteiger partial charge is 0.462 e. The second kappa shape index (κ2) is 6.85. The molecule has 21 heavy (non-hydrogen) atoms. The van der Waals surface area contributed by atoms with Crippen LogP contribution < -0.4 is 0 Å². The SMILES string of the molecule is CCC(CC)C(=O)OC(C)CC(O)(C(F)(F)F)C(F)(F)F. The lowest BCUT2D eigenvalue weighted by Crippen LogP contribution is -2.58. The first kappa shape index (κ1) is 20.0. The predicted molar refractivity (Wildman–Crippen MR) is 61.3 cm³/mol. The molecule has 0 amide bonds. The molecule has 0 aliphatic heterocycles. The minimum absolute atomic E-state index is 0.352. The topological polar surface area (TPSA) is 46.5 Å². The summed E-state index contributed by atoms with van der Waals surface area (Å²) in [7, 11) is 0. The van der Waals surface area contributed by atoms with E-state index >= 15 is 0 Å². The highest BCUT2D eigenvalue weighted by Gasteiger charge is 2.70. The van der Waals surface area contributed by atoms with Gasteiger partial charge < -0.3 is 9.84 Å². The van der Waals surface area contributed by atoms with Crippen molar-refractivity contribution in [2.45, 2.75) is 64.1 Å². The first-order chi connectivity index (χ1) is 9.30. The summed E-state index contributed by atoms with van der Waals surface area (Å²) in [5.41, 5.74) is -4.91. The predicted octanol–water partition coefficient (Wildman–Crippen LogP) is 3.60. The zero-order valence-corrected chi connectivity index (χ0v) is 11.8. The first-order valence-corrected chi connectivity index (χ1v) is 6.36. The molecule has 0 bridgehead atoms. The molecule has 1 atom stereocenters. The van der Waals surface area contributed by atoms with Crippen molar-refractivity contribution in [3.8, 4) is 0 Å². The second-order valence-electron chi connectivity index (χ2n) is 4.82. The summed E-state index contributed by atoms with van der Waals surface area (Å²) in [6.45, 7) is 4.16. The van der Waals surface area contributed by atoms with Crippen LogP contribution in [0.5, 0.6) is 0 Å². The molecule has 0 aromatic carbocycles. The third-order valence-corrected chi connectivity index (χ3v) is 3.16. The fraction of sp³-hybridized carbons (Fsp3) is 0.917. The third-order valence-electron chi connectivity index (χ3n) is 3.16. The Kier molecular flexibility index (Phi) is 6.52. The normalized spacial score (nSPS) is 15.2. The van der Waals surface area contributed by atoms with Crippen molar-refractivity contribution in [3.05, 3.63) is 0 Å². The van der Waals surface area contributed by atoms with Crippen LogP contribution in [0.3, 0.4) is 0 Å². The molecule has 9 heteroatoms. The van der Waals surface area contributed by atoms with E-state index in [0.29, 0.717) is 12.8 Å². The number of ether oxygens (including phenoxy) is 1. The molecular weight excluding hydrogens is 306 g/mol. The van der Waals surface area contributed by atoms with E-state index in [1.165, 1.54) is 0 Å². The smallest absolute Gasteiger partial charge is 0.426 e. The van der Waals surface area contributed by atoms with E-state index in [1.807, 2.05) is 0 Å². The van der Waals surface area contributed by atoms with Gasteiger partial charge in [0.25, 0.3) is 5.60 Å². The maximum atomic E-state index is 12.5. The first-order valence-electron chi connectivity index (χ1n) is 6.36. The number of hydrogen-bond donors (Lipinski definition) is 1. The number of esters is 1. The molecule has 126 valence electrons. The van der Waals surface area contributed by atoms with Gasteiger partial charge in [-0.2, -0.15) is 26.3 Å². The lowest BCUT2D eigenvalue weighted by atomic mass is 9.95. The Hall–Kier alpha value is -0.990. The van der Waals surface area contributed by atoms with Gasteiger partial charge in [-0.15, -0.1) is 0 Å². The van der Waals surface area contributed by atoms with E-state index in [9.17, 15) is 31.1 Å². The summed E-state index contributed by atoms with van der Waals surface area (Å²) in [5, 5.41) is 8.98. The number of carbonyl (C=O) groups is 1. The van der Waals surface area contributed by atoms with Crippen LogP contribution in [0.4, 0.5) is 26.3 Å². The van der Waals surface area contributed by atoms with Crippen molar-refractivity contribution >= 4 is 5.97 Å². The molecule has 0 aliphatic rings. The van der Waals surface area contributed by atoms with Crippen molar-refractivity contribution in [1.82, 2.24) is 0 Å². The summed E-state index contributed by atoms with van der Waals surface area (Å²) in [6.07, 6.45) is -14.7. The molecule has 3 nitrogen and oxygen atoms in total. The molecule has 0 aromatic heterocycles. The van der Waals surface area contributed by atoms with Crippen LogP contribution in [-0.2, 0) is 9.53 Å². The number of alkyl halides is 6. The highest BCUT2D eigenvalue weighted by molar-refractivity contribution is 5.72. The number of carbonyl (C=O) groups excluding carboxylic acids is 1. The molecule has 0 spiro atoms. The quantitative estimate of drug-likeness (QED) is 0.600. The summed E-state index contributed by atoms with van der Waals surface area (Å²) in [5.74, 6) is -1.48. The molecule has 0 fully saturated rings. The Balaban J connectivity index is 5.02. The van der Waals surface area contributed by atoms with Gasteiger partial charge in [-0.1, -0.05) is 13.8 Å². The fourth-order valence-electron chi connectivity index (χ4n) is 1.77. The average molecular weight is 324 g/mol. The molecule has 0 aliphatic carbocycles. The molecule has 0 radical (unpaired) electrons. The van der Waals surface area contributed by atoms with Crippen LogP contribution >= 0.6 is 0 Å². The van der Waals surface area contributed by atoms with E-state index in [2.05, 4.69) is 4.74 Å². The minimum atomic E-state index is -5.92. The van der Waals surface area contributed by atoms with Gasteiger partial charge in [-0.05, 0) is 19.8 Å². The van der Waals surface area contributed by atoms with Gasteiger partial charge in [0.15, 0.2) is 0 Å². The van der Waals surface area contributed by atoms with E-state index in [4.69, 9.17) is 5.11 Å². The number of halogens is 6. The molecule has 0 heterocycles. The van der Waals surface area contributed by atoms with Crippen molar-refractivity contribution in [2.24, 2.45) is 5.92 Å². The molecule has 0 aromatic rings. The van der Waals surface area contributed by atoms with Gasteiger partial charge in [0.1, 0.15) is 6.10 Å². The summed E-state index contributed by atoms with van der Waals surface area (Å²) < 4.78 is 79.5.